The molecule has 0 radical (unpaired) electrons. The van der Waals surface area contributed by atoms with Gasteiger partial charge in [0.25, 0.3) is 12.5 Å². The van der Waals surface area contributed by atoms with Gasteiger partial charge in [-0.1, -0.05) is 25.7 Å². The number of nitriles is 2. The summed E-state index contributed by atoms with van der Waals surface area (Å²) in [5, 5.41) is 27.5. The first-order valence-corrected chi connectivity index (χ1v) is 4.34. The molecule has 13 heavy (non-hydrogen) atoms. The van der Waals surface area contributed by atoms with E-state index >= 15 is 0 Å². The van der Waals surface area contributed by atoms with E-state index in [-0.39, 0.29) is 0 Å². The molecule has 2 N–H and O–H groups in total. The van der Waals surface area contributed by atoms with Gasteiger partial charge in [0.05, 0.1) is 0 Å². The van der Waals surface area contributed by atoms with Gasteiger partial charge >= 0.3 is 0 Å². The number of aliphatic hydroxyl groups excluding tert-OH is 2. The van der Waals surface area contributed by atoms with E-state index in [1.165, 1.54) is 11.8 Å². The molecule has 0 aromatic carbocycles. The number of aliphatic hydroxyl groups is 2. The van der Waals surface area contributed by atoms with Gasteiger partial charge in [0.1, 0.15) is 0 Å². The van der Waals surface area contributed by atoms with Gasteiger partial charge in [0, 0.05) is 0 Å². The third kappa shape index (κ3) is 4.92. The zero-order valence-corrected chi connectivity index (χ0v) is 7.48. The third-order valence-corrected chi connectivity index (χ3v) is 2.63. The average Bonchev–Trinajstić information content (AvgIpc) is 2.69. The van der Waals surface area contributed by atoms with Crippen LogP contribution in [0, 0.1) is 34.9 Å². The van der Waals surface area contributed by atoms with Crippen molar-refractivity contribution in [2.24, 2.45) is 11.8 Å². The van der Waals surface area contributed by atoms with Gasteiger partial charge in [-0.25, -0.2) is 0 Å². The van der Waals surface area contributed by atoms with Crippen molar-refractivity contribution in [3.63, 3.8) is 0 Å². The molecule has 0 aromatic rings. The maximum absolute atomic E-state index is 6.88. The first-order chi connectivity index (χ1) is 6.28. The Labute approximate surface area is 78.0 Å². The molecule has 0 aliphatic heterocycles. The average molecular weight is 182 g/mol. The van der Waals surface area contributed by atoms with Crippen LogP contribution in [-0.4, -0.2) is 10.2 Å². The maximum Gasteiger partial charge on any atom is 0.283 e. The van der Waals surface area contributed by atoms with E-state index in [1.54, 1.807) is 32.1 Å². The molecule has 0 heterocycles. The minimum absolute atomic E-state index is 0.750. The van der Waals surface area contributed by atoms with Crippen molar-refractivity contribution in [3.8, 4) is 12.5 Å². The Balaban J connectivity index is 0.000000208. The van der Waals surface area contributed by atoms with Crippen molar-refractivity contribution in [2.75, 3.05) is 0 Å². The number of hydrogen-bond acceptors (Lipinski definition) is 4. The number of nitrogens with zero attached hydrogens (tertiary/aromatic N) is 2. The van der Waals surface area contributed by atoms with Crippen molar-refractivity contribution in [1.29, 1.82) is 10.5 Å². The summed E-state index contributed by atoms with van der Waals surface area (Å²) in [5.74, 6) is 2.34. The SMILES string of the molecule is C1CC2CCC1C2.N#CO.N#CO. The van der Waals surface area contributed by atoms with E-state index in [0.29, 0.717) is 0 Å². The summed E-state index contributed by atoms with van der Waals surface area (Å²) in [5.41, 5.74) is 0. The van der Waals surface area contributed by atoms with Crippen LogP contribution in [0.3, 0.4) is 0 Å². The summed E-state index contributed by atoms with van der Waals surface area (Å²) in [6, 6.07) is 0. The molecule has 4 nitrogen and oxygen atoms in total. The van der Waals surface area contributed by atoms with E-state index < -0.39 is 0 Å². The highest BCUT2D eigenvalue weighted by molar-refractivity contribution is 4.82. The predicted octanol–water partition coefficient (Wildman–Crippen LogP) is 1.88. The first-order valence-electron chi connectivity index (χ1n) is 4.34. The van der Waals surface area contributed by atoms with Crippen LogP contribution in [-0.2, 0) is 0 Å². The standard InChI is InChI=1S/C7H12.2CHNO/c1-2-7-4-3-6(1)5-7;2*2-1-3/h6-7H,1-5H2;2*3H. The fourth-order valence-electron chi connectivity index (χ4n) is 2.17. The maximum atomic E-state index is 6.88. The fourth-order valence-corrected chi connectivity index (χ4v) is 2.17. The summed E-state index contributed by atoms with van der Waals surface area (Å²) >= 11 is 0. The molecule has 2 bridgehead atoms. The normalized spacial score (nSPS) is 26.9. The number of hydrogen-bond donors (Lipinski definition) is 2. The van der Waals surface area contributed by atoms with Gasteiger partial charge in [-0.2, -0.15) is 10.5 Å². The van der Waals surface area contributed by atoms with Crippen LogP contribution in [0.5, 0.6) is 0 Å². The lowest BCUT2D eigenvalue weighted by molar-refractivity contribution is 0.480. The van der Waals surface area contributed by atoms with E-state index in [9.17, 15) is 0 Å². The molecule has 4 heteroatoms. The van der Waals surface area contributed by atoms with Crippen molar-refractivity contribution < 1.29 is 10.2 Å². The Bertz CT molecular complexity index is 175. The zero-order chi connectivity index (χ0) is 10.1. The van der Waals surface area contributed by atoms with Gasteiger partial charge in [-0.05, 0) is 18.3 Å². The number of rotatable bonds is 0. The van der Waals surface area contributed by atoms with Crippen LogP contribution in [0.25, 0.3) is 0 Å². The lowest BCUT2D eigenvalue weighted by Gasteiger charge is -2.05. The summed E-state index contributed by atoms with van der Waals surface area (Å²) in [4.78, 5) is 0. The minimum Gasteiger partial charge on any atom is -0.443 e. The molecule has 72 valence electrons. The second-order valence-corrected chi connectivity index (χ2v) is 3.32. The highest BCUT2D eigenvalue weighted by atomic mass is 16.2. The van der Waals surface area contributed by atoms with E-state index in [4.69, 9.17) is 20.7 Å². The fraction of sp³-hybridized carbons (Fsp3) is 0.778. The van der Waals surface area contributed by atoms with Crippen LogP contribution in [0.15, 0.2) is 0 Å². The predicted molar refractivity (Wildman–Crippen MR) is 45.2 cm³/mol. The topological polar surface area (TPSA) is 88.0 Å². The molecule has 2 aliphatic rings. The van der Waals surface area contributed by atoms with Crippen molar-refractivity contribution >= 4 is 0 Å². The quantitative estimate of drug-likeness (QED) is 0.560. The molecule has 0 atom stereocenters. The van der Waals surface area contributed by atoms with Crippen molar-refractivity contribution in [2.45, 2.75) is 32.1 Å². The highest BCUT2D eigenvalue weighted by Gasteiger charge is 2.30. The molecule has 0 unspecified atom stereocenters. The minimum atomic E-state index is 0.750. The summed E-state index contributed by atoms with van der Waals surface area (Å²) in [7, 11) is 0. The van der Waals surface area contributed by atoms with Gasteiger partial charge in [0.2, 0.25) is 0 Å². The van der Waals surface area contributed by atoms with E-state index in [0.717, 1.165) is 12.5 Å². The smallest absolute Gasteiger partial charge is 0.283 e. The Morgan fingerprint density at radius 3 is 1.15 bits per heavy atom. The molecule has 2 saturated carbocycles. The third-order valence-electron chi connectivity index (χ3n) is 2.63. The summed E-state index contributed by atoms with van der Waals surface area (Å²) in [6.07, 6.45) is 9.32. The summed E-state index contributed by atoms with van der Waals surface area (Å²) in [6.45, 7) is 0. The summed E-state index contributed by atoms with van der Waals surface area (Å²) < 4.78 is 0. The molecule has 2 aliphatic carbocycles. The lowest BCUT2D eigenvalue weighted by Crippen LogP contribution is -1.90. The molecule has 0 aromatic heterocycles. The Kier molecular flexibility index (Phi) is 6.45. The largest absolute Gasteiger partial charge is 0.443 e. The van der Waals surface area contributed by atoms with Crippen molar-refractivity contribution in [1.82, 2.24) is 0 Å². The molecule has 0 spiro atoms. The van der Waals surface area contributed by atoms with E-state index in [2.05, 4.69) is 0 Å². The highest BCUT2D eigenvalue weighted by Crippen LogP contribution is 2.43. The van der Waals surface area contributed by atoms with Crippen LogP contribution >= 0.6 is 0 Å². The second-order valence-electron chi connectivity index (χ2n) is 3.32. The Morgan fingerprint density at radius 1 is 0.846 bits per heavy atom. The van der Waals surface area contributed by atoms with Gasteiger partial charge in [-0.3, -0.25) is 0 Å². The van der Waals surface area contributed by atoms with Gasteiger partial charge < -0.3 is 10.2 Å². The Hall–Kier alpha value is -1.42. The van der Waals surface area contributed by atoms with Crippen molar-refractivity contribution in [3.05, 3.63) is 0 Å². The Morgan fingerprint density at radius 2 is 1.08 bits per heavy atom. The van der Waals surface area contributed by atoms with Crippen LogP contribution in [0.1, 0.15) is 32.1 Å². The molecule has 2 fully saturated rings. The molecular formula is C9H14N2O2. The van der Waals surface area contributed by atoms with Crippen LogP contribution in [0.4, 0.5) is 0 Å². The van der Waals surface area contributed by atoms with Crippen LogP contribution < -0.4 is 0 Å². The molecule has 2 rings (SSSR count). The lowest BCUT2D eigenvalue weighted by atomic mass is 10.0. The first kappa shape index (κ1) is 11.6. The molecular weight excluding hydrogens is 168 g/mol. The van der Waals surface area contributed by atoms with Gasteiger partial charge in [-0.15, -0.1) is 0 Å². The van der Waals surface area contributed by atoms with E-state index in [1.807, 2.05) is 0 Å². The van der Waals surface area contributed by atoms with Gasteiger partial charge in [0.15, 0.2) is 0 Å². The molecule has 0 saturated heterocycles. The molecule has 0 amide bonds. The monoisotopic (exact) mass is 182 g/mol. The van der Waals surface area contributed by atoms with Crippen LogP contribution in [0.2, 0.25) is 0 Å². The zero-order valence-electron chi connectivity index (χ0n) is 7.48. The second kappa shape index (κ2) is 7.24. The number of fused-ring (bicyclic) bond motifs is 2.